The molecule has 0 spiro atoms. The molecule has 4 aromatic rings. The number of hydrogen-bond donors (Lipinski definition) is 0. The molecule has 0 amide bonds. The molecule has 0 N–H and O–H groups in total. The molecule has 0 aliphatic heterocycles. The van der Waals surface area contributed by atoms with Crippen molar-refractivity contribution in [3.05, 3.63) is 63.6 Å². The first-order chi connectivity index (χ1) is 12.5. The minimum atomic E-state index is 0.283. The normalized spacial score (nSPS) is 11.2. The second-order valence-corrected chi connectivity index (χ2v) is 6.74. The molecule has 132 valence electrons. The quantitative estimate of drug-likeness (QED) is 0.482. The highest BCUT2D eigenvalue weighted by atomic mass is 35.5. The highest BCUT2D eigenvalue weighted by molar-refractivity contribution is 6.36. The number of nitrogens with zero attached hydrogens (tertiary/aromatic N) is 4. The molecule has 0 aliphatic carbocycles. The van der Waals surface area contributed by atoms with Gasteiger partial charge >= 0.3 is 0 Å². The van der Waals surface area contributed by atoms with Gasteiger partial charge in [-0.25, -0.2) is 0 Å². The van der Waals surface area contributed by atoms with Crippen LogP contribution in [-0.2, 0) is 6.54 Å². The molecule has 3 aromatic heterocycles. The third kappa shape index (κ3) is 3.25. The van der Waals surface area contributed by atoms with Gasteiger partial charge in [0, 0.05) is 16.3 Å². The minimum absolute atomic E-state index is 0.283. The number of furan rings is 1. The van der Waals surface area contributed by atoms with Crippen molar-refractivity contribution in [3.63, 3.8) is 0 Å². The van der Waals surface area contributed by atoms with Crippen LogP contribution in [0.1, 0.15) is 17.1 Å². The Labute approximate surface area is 159 Å². The lowest BCUT2D eigenvalue weighted by molar-refractivity contribution is 0.408. The number of rotatable bonds is 4. The van der Waals surface area contributed by atoms with Crippen LogP contribution in [-0.4, -0.2) is 19.9 Å². The van der Waals surface area contributed by atoms with Gasteiger partial charge in [-0.05, 0) is 50.2 Å². The maximum atomic E-state index is 6.19. The predicted molar refractivity (Wildman–Crippen MR) is 98.3 cm³/mol. The van der Waals surface area contributed by atoms with Crippen molar-refractivity contribution in [1.29, 1.82) is 0 Å². The van der Waals surface area contributed by atoms with E-state index in [0.717, 1.165) is 17.1 Å². The lowest BCUT2D eigenvalue weighted by Crippen LogP contribution is -2.02. The van der Waals surface area contributed by atoms with Crippen LogP contribution in [0.4, 0.5) is 0 Å². The largest absolute Gasteiger partial charge is 0.454 e. The number of hydrogen-bond acceptors (Lipinski definition) is 5. The maximum absolute atomic E-state index is 6.19. The van der Waals surface area contributed by atoms with Crippen molar-refractivity contribution < 1.29 is 8.94 Å². The summed E-state index contributed by atoms with van der Waals surface area (Å²) in [7, 11) is 0. The summed E-state index contributed by atoms with van der Waals surface area (Å²) >= 11 is 12.1. The van der Waals surface area contributed by atoms with E-state index in [9.17, 15) is 0 Å². The number of halogens is 2. The van der Waals surface area contributed by atoms with Crippen molar-refractivity contribution in [2.24, 2.45) is 0 Å². The highest BCUT2D eigenvalue weighted by Gasteiger charge is 2.16. The van der Waals surface area contributed by atoms with Gasteiger partial charge in [-0.15, -0.1) is 0 Å². The summed E-state index contributed by atoms with van der Waals surface area (Å²) in [5.41, 5.74) is 2.68. The van der Waals surface area contributed by atoms with E-state index >= 15 is 0 Å². The van der Waals surface area contributed by atoms with Crippen molar-refractivity contribution >= 4 is 23.2 Å². The standard InChI is InChI=1S/C18H14Cl2N4O2/c1-10-7-11(2)24(22-10)9-13-4-6-16(25-13)18-21-17(23-26-18)14-5-3-12(19)8-15(14)20/h3-8H,9H2,1-2H3. The molecule has 0 radical (unpaired) electrons. The Balaban J connectivity index is 1.58. The SMILES string of the molecule is Cc1cc(C)n(Cc2ccc(-c3nc(-c4ccc(Cl)cc4Cl)no3)o2)n1. The van der Waals surface area contributed by atoms with Crippen molar-refractivity contribution in [1.82, 2.24) is 19.9 Å². The molecule has 0 bridgehead atoms. The number of benzene rings is 1. The van der Waals surface area contributed by atoms with Gasteiger partial charge in [0.15, 0.2) is 5.76 Å². The van der Waals surface area contributed by atoms with Crippen LogP contribution in [0.25, 0.3) is 23.0 Å². The number of aromatic nitrogens is 4. The third-order valence-electron chi connectivity index (χ3n) is 3.88. The van der Waals surface area contributed by atoms with Gasteiger partial charge in [-0.2, -0.15) is 10.1 Å². The summed E-state index contributed by atoms with van der Waals surface area (Å²) in [4.78, 5) is 4.36. The van der Waals surface area contributed by atoms with E-state index in [1.807, 2.05) is 30.7 Å². The van der Waals surface area contributed by atoms with Crippen LogP contribution in [0.3, 0.4) is 0 Å². The lowest BCUT2D eigenvalue weighted by Gasteiger charge is -2.00. The van der Waals surface area contributed by atoms with E-state index in [-0.39, 0.29) is 5.89 Å². The van der Waals surface area contributed by atoms with Crippen LogP contribution in [0.5, 0.6) is 0 Å². The molecule has 0 atom stereocenters. The van der Waals surface area contributed by atoms with E-state index in [0.29, 0.717) is 33.7 Å². The van der Waals surface area contributed by atoms with Gasteiger partial charge in [-0.1, -0.05) is 28.4 Å². The van der Waals surface area contributed by atoms with Gasteiger partial charge in [0.2, 0.25) is 5.82 Å². The van der Waals surface area contributed by atoms with Crippen molar-refractivity contribution in [3.8, 4) is 23.0 Å². The van der Waals surface area contributed by atoms with Gasteiger partial charge < -0.3 is 8.94 Å². The van der Waals surface area contributed by atoms with Gasteiger partial charge in [0.25, 0.3) is 5.89 Å². The molecule has 0 aliphatic rings. The summed E-state index contributed by atoms with van der Waals surface area (Å²) in [5, 5.41) is 9.40. The summed E-state index contributed by atoms with van der Waals surface area (Å²) < 4.78 is 13.0. The zero-order valence-corrected chi connectivity index (χ0v) is 15.5. The number of aryl methyl sites for hydroxylation is 2. The molecule has 0 unspecified atom stereocenters. The van der Waals surface area contributed by atoms with Crippen LogP contribution in [0.2, 0.25) is 10.0 Å². The Morgan fingerprint density at radius 1 is 1.08 bits per heavy atom. The topological polar surface area (TPSA) is 69.9 Å². The Morgan fingerprint density at radius 3 is 2.65 bits per heavy atom. The summed E-state index contributed by atoms with van der Waals surface area (Å²) in [6.45, 7) is 4.49. The summed E-state index contributed by atoms with van der Waals surface area (Å²) in [5.74, 6) is 1.89. The zero-order valence-electron chi connectivity index (χ0n) is 14.0. The maximum Gasteiger partial charge on any atom is 0.293 e. The van der Waals surface area contributed by atoms with Crippen molar-refractivity contribution in [2.45, 2.75) is 20.4 Å². The molecule has 26 heavy (non-hydrogen) atoms. The molecule has 0 fully saturated rings. The summed E-state index contributed by atoms with van der Waals surface area (Å²) in [6, 6.07) is 10.8. The third-order valence-corrected chi connectivity index (χ3v) is 4.43. The first-order valence-corrected chi connectivity index (χ1v) is 8.64. The predicted octanol–water partition coefficient (Wildman–Crippen LogP) is 5.17. The smallest absolute Gasteiger partial charge is 0.293 e. The fourth-order valence-corrected chi connectivity index (χ4v) is 3.16. The van der Waals surface area contributed by atoms with Crippen LogP contribution in [0, 0.1) is 13.8 Å². The molecule has 6 nitrogen and oxygen atoms in total. The Morgan fingerprint density at radius 2 is 1.92 bits per heavy atom. The Bertz CT molecular complexity index is 1080. The molecule has 3 heterocycles. The molecule has 4 rings (SSSR count). The Hall–Kier alpha value is -2.57. The van der Waals surface area contributed by atoms with E-state index < -0.39 is 0 Å². The van der Waals surface area contributed by atoms with Crippen LogP contribution in [0.15, 0.2) is 45.3 Å². The second-order valence-electron chi connectivity index (χ2n) is 5.90. The van der Waals surface area contributed by atoms with Crippen molar-refractivity contribution in [2.75, 3.05) is 0 Å². The van der Waals surface area contributed by atoms with Gasteiger partial charge in [0.05, 0.1) is 17.3 Å². The lowest BCUT2D eigenvalue weighted by atomic mass is 10.2. The zero-order chi connectivity index (χ0) is 18.3. The fraction of sp³-hybridized carbons (Fsp3) is 0.167. The minimum Gasteiger partial charge on any atom is -0.454 e. The summed E-state index contributed by atoms with van der Waals surface area (Å²) in [6.07, 6.45) is 0. The van der Waals surface area contributed by atoms with Crippen LogP contribution < -0.4 is 0 Å². The molecular weight excluding hydrogens is 375 g/mol. The first-order valence-electron chi connectivity index (χ1n) is 7.89. The average Bonchev–Trinajstić information content (AvgIpc) is 3.29. The van der Waals surface area contributed by atoms with E-state index in [2.05, 4.69) is 15.2 Å². The Kier molecular flexibility index (Phi) is 4.30. The highest BCUT2D eigenvalue weighted by Crippen LogP contribution is 2.30. The molecule has 0 saturated carbocycles. The van der Waals surface area contributed by atoms with Gasteiger partial charge in [0.1, 0.15) is 5.76 Å². The molecule has 1 aromatic carbocycles. The van der Waals surface area contributed by atoms with Gasteiger partial charge in [-0.3, -0.25) is 4.68 Å². The van der Waals surface area contributed by atoms with E-state index in [1.54, 1.807) is 24.3 Å². The molecular formula is C18H14Cl2N4O2. The molecule has 8 heteroatoms. The van der Waals surface area contributed by atoms with Crippen LogP contribution >= 0.6 is 23.2 Å². The fourth-order valence-electron chi connectivity index (χ4n) is 2.66. The second kappa shape index (κ2) is 6.63. The molecule has 0 saturated heterocycles. The van der Waals surface area contributed by atoms with E-state index in [1.165, 1.54) is 0 Å². The average molecular weight is 389 g/mol. The monoisotopic (exact) mass is 388 g/mol. The first kappa shape index (κ1) is 16.9. The van der Waals surface area contributed by atoms with E-state index in [4.69, 9.17) is 32.1 Å².